The highest BCUT2D eigenvalue weighted by atomic mass is 16.2. The molecule has 0 radical (unpaired) electrons. The molecule has 5 heteroatoms. The van der Waals surface area contributed by atoms with Crippen LogP contribution in [0.3, 0.4) is 0 Å². The predicted molar refractivity (Wildman–Crippen MR) is 77.1 cm³/mol. The van der Waals surface area contributed by atoms with Crippen molar-refractivity contribution >= 4 is 6.03 Å². The van der Waals surface area contributed by atoms with Gasteiger partial charge >= 0.3 is 6.03 Å². The van der Waals surface area contributed by atoms with Crippen LogP contribution < -0.4 is 11.1 Å². The quantitative estimate of drug-likeness (QED) is 0.802. The molecule has 0 unspecified atom stereocenters. The largest absolute Gasteiger partial charge is 0.335 e. The number of nitrogens with zero attached hydrogens (tertiary/aromatic N) is 2. The van der Waals surface area contributed by atoms with Crippen molar-refractivity contribution in [3.05, 3.63) is 0 Å². The van der Waals surface area contributed by atoms with Crippen LogP contribution in [0, 0.1) is 0 Å². The SMILES string of the molecule is NCCN1CCCN(C(=O)NC2CCCCC2)CC1. The number of hydrogen-bond acceptors (Lipinski definition) is 3. The van der Waals surface area contributed by atoms with Crippen LogP contribution in [0.4, 0.5) is 4.79 Å². The van der Waals surface area contributed by atoms with Gasteiger partial charge in [0.05, 0.1) is 0 Å². The molecule has 2 fully saturated rings. The molecule has 0 atom stereocenters. The van der Waals surface area contributed by atoms with Crippen molar-refractivity contribution in [1.29, 1.82) is 0 Å². The van der Waals surface area contributed by atoms with Gasteiger partial charge in [0.15, 0.2) is 0 Å². The predicted octanol–water partition coefficient (Wildman–Crippen LogP) is 0.995. The molecule has 0 bridgehead atoms. The first-order chi connectivity index (χ1) is 9.29. The van der Waals surface area contributed by atoms with E-state index in [9.17, 15) is 4.79 Å². The van der Waals surface area contributed by atoms with Crippen LogP contribution in [-0.4, -0.2) is 61.1 Å². The molecule has 19 heavy (non-hydrogen) atoms. The molecule has 1 aliphatic carbocycles. The molecule has 0 aromatic carbocycles. The van der Waals surface area contributed by atoms with Crippen molar-refractivity contribution in [2.75, 3.05) is 39.3 Å². The van der Waals surface area contributed by atoms with E-state index >= 15 is 0 Å². The summed E-state index contributed by atoms with van der Waals surface area (Å²) in [5, 5.41) is 3.21. The summed E-state index contributed by atoms with van der Waals surface area (Å²) < 4.78 is 0. The zero-order valence-corrected chi connectivity index (χ0v) is 11.9. The van der Waals surface area contributed by atoms with Gasteiger partial charge in [0.1, 0.15) is 0 Å². The fourth-order valence-corrected chi connectivity index (χ4v) is 3.09. The molecule has 2 aliphatic rings. The molecule has 0 aromatic heterocycles. The van der Waals surface area contributed by atoms with Gasteiger partial charge in [0.25, 0.3) is 0 Å². The third kappa shape index (κ3) is 4.66. The first kappa shape index (κ1) is 14.6. The summed E-state index contributed by atoms with van der Waals surface area (Å²) in [6.07, 6.45) is 7.20. The Morgan fingerprint density at radius 3 is 2.58 bits per heavy atom. The zero-order valence-electron chi connectivity index (χ0n) is 11.9. The van der Waals surface area contributed by atoms with Crippen molar-refractivity contribution in [3.8, 4) is 0 Å². The van der Waals surface area contributed by atoms with E-state index in [2.05, 4.69) is 10.2 Å². The summed E-state index contributed by atoms with van der Waals surface area (Å²) in [5.74, 6) is 0. The lowest BCUT2D eigenvalue weighted by Gasteiger charge is -2.27. The van der Waals surface area contributed by atoms with Gasteiger partial charge in [-0.25, -0.2) is 4.79 Å². The van der Waals surface area contributed by atoms with E-state index in [1.165, 1.54) is 19.3 Å². The van der Waals surface area contributed by atoms with E-state index in [1.54, 1.807) is 0 Å². The van der Waals surface area contributed by atoms with Crippen molar-refractivity contribution in [2.24, 2.45) is 5.73 Å². The number of carbonyl (C=O) groups excluding carboxylic acids is 1. The van der Waals surface area contributed by atoms with Gasteiger partial charge in [-0.15, -0.1) is 0 Å². The average molecular weight is 268 g/mol. The highest BCUT2D eigenvalue weighted by molar-refractivity contribution is 5.74. The van der Waals surface area contributed by atoms with Gasteiger partial charge in [-0.05, 0) is 25.8 Å². The Kier molecular flexibility index (Phi) is 5.92. The van der Waals surface area contributed by atoms with Crippen molar-refractivity contribution in [2.45, 2.75) is 44.6 Å². The van der Waals surface area contributed by atoms with Gasteiger partial charge in [-0.1, -0.05) is 19.3 Å². The Morgan fingerprint density at radius 1 is 1.05 bits per heavy atom. The summed E-state index contributed by atoms with van der Waals surface area (Å²) in [7, 11) is 0. The Balaban J connectivity index is 1.75. The maximum Gasteiger partial charge on any atom is 0.317 e. The fourth-order valence-electron chi connectivity index (χ4n) is 3.09. The normalized spacial score (nSPS) is 23.1. The maximum atomic E-state index is 12.3. The molecule has 2 amide bonds. The number of carbonyl (C=O) groups is 1. The van der Waals surface area contributed by atoms with Crippen LogP contribution in [-0.2, 0) is 0 Å². The highest BCUT2D eigenvalue weighted by Gasteiger charge is 2.22. The second kappa shape index (κ2) is 7.70. The van der Waals surface area contributed by atoms with Crippen LogP contribution >= 0.6 is 0 Å². The highest BCUT2D eigenvalue weighted by Crippen LogP contribution is 2.17. The number of nitrogens with two attached hydrogens (primary N) is 1. The molecule has 1 saturated heterocycles. The molecule has 1 heterocycles. The van der Waals surface area contributed by atoms with Gasteiger partial charge in [0, 0.05) is 38.8 Å². The third-order valence-electron chi connectivity index (χ3n) is 4.25. The summed E-state index contributed by atoms with van der Waals surface area (Å²) in [5.41, 5.74) is 5.59. The van der Waals surface area contributed by atoms with E-state index in [0.717, 1.165) is 52.0 Å². The minimum Gasteiger partial charge on any atom is -0.335 e. The number of hydrogen-bond donors (Lipinski definition) is 2. The molecule has 5 nitrogen and oxygen atoms in total. The maximum absolute atomic E-state index is 12.3. The minimum absolute atomic E-state index is 0.140. The Labute approximate surface area is 116 Å². The summed E-state index contributed by atoms with van der Waals surface area (Å²) >= 11 is 0. The molecule has 1 aliphatic heterocycles. The topological polar surface area (TPSA) is 61.6 Å². The number of nitrogens with one attached hydrogen (secondary N) is 1. The molecule has 1 saturated carbocycles. The summed E-state index contributed by atoms with van der Waals surface area (Å²) in [4.78, 5) is 16.6. The van der Waals surface area contributed by atoms with Crippen LogP contribution in [0.1, 0.15) is 38.5 Å². The number of urea groups is 1. The lowest BCUT2D eigenvalue weighted by Crippen LogP contribution is -2.46. The first-order valence-corrected chi connectivity index (χ1v) is 7.77. The van der Waals surface area contributed by atoms with E-state index in [4.69, 9.17) is 5.73 Å². The number of rotatable bonds is 3. The van der Waals surface area contributed by atoms with E-state index in [0.29, 0.717) is 12.6 Å². The molecule has 110 valence electrons. The van der Waals surface area contributed by atoms with Crippen LogP contribution in [0.25, 0.3) is 0 Å². The average Bonchev–Trinajstić information content (AvgIpc) is 2.66. The summed E-state index contributed by atoms with van der Waals surface area (Å²) in [6, 6.07) is 0.547. The zero-order chi connectivity index (χ0) is 13.5. The number of amides is 2. The molecule has 0 aromatic rings. The fraction of sp³-hybridized carbons (Fsp3) is 0.929. The second-order valence-corrected chi connectivity index (χ2v) is 5.76. The van der Waals surface area contributed by atoms with Crippen LogP contribution in [0.15, 0.2) is 0 Å². The Morgan fingerprint density at radius 2 is 1.84 bits per heavy atom. The van der Waals surface area contributed by atoms with Gasteiger partial charge in [-0.2, -0.15) is 0 Å². The lowest BCUT2D eigenvalue weighted by atomic mass is 9.96. The second-order valence-electron chi connectivity index (χ2n) is 5.76. The monoisotopic (exact) mass is 268 g/mol. The van der Waals surface area contributed by atoms with Crippen molar-refractivity contribution < 1.29 is 4.79 Å². The van der Waals surface area contributed by atoms with Gasteiger partial charge in [-0.3, -0.25) is 0 Å². The van der Waals surface area contributed by atoms with E-state index < -0.39 is 0 Å². The van der Waals surface area contributed by atoms with E-state index in [-0.39, 0.29) is 6.03 Å². The van der Waals surface area contributed by atoms with Crippen LogP contribution in [0.2, 0.25) is 0 Å². The lowest BCUT2D eigenvalue weighted by molar-refractivity contribution is 0.190. The molecular weight excluding hydrogens is 240 g/mol. The molecule has 3 N–H and O–H groups in total. The third-order valence-corrected chi connectivity index (χ3v) is 4.25. The van der Waals surface area contributed by atoms with Crippen molar-refractivity contribution in [1.82, 2.24) is 15.1 Å². The Hall–Kier alpha value is -0.810. The molecule has 2 rings (SSSR count). The smallest absolute Gasteiger partial charge is 0.317 e. The van der Waals surface area contributed by atoms with Crippen molar-refractivity contribution in [3.63, 3.8) is 0 Å². The molecule has 0 spiro atoms. The van der Waals surface area contributed by atoms with E-state index in [1.807, 2.05) is 4.90 Å². The Bertz CT molecular complexity index is 279. The van der Waals surface area contributed by atoms with Gasteiger partial charge < -0.3 is 20.9 Å². The minimum atomic E-state index is 0.140. The summed E-state index contributed by atoms with van der Waals surface area (Å²) in [6.45, 7) is 5.37. The molecular formula is C14H28N4O. The van der Waals surface area contributed by atoms with Gasteiger partial charge in [0.2, 0.25) is 0 Å². The standard InChI is InChI=1S/C14H28N4O/c15-7-10-17-8-4-9-18(12-11-17)14(19)16-13-5-2-1-3-6-13/h13H,1-12,15H2,(H,16,19). The van der Waals surface area contributed by atoms with Crippen LogP contribution in [0.5, 0.6) is 0 Å². The first-order valence-electron chi connectivity index (χ1n) is 7.77.